The van der Waals surface area contributed by atoms with Gasteiger partial charge in [-0.25, -0.2) is 0 Å². The van der Waals surface area contributed by atoms with E-state index < -0.39 is 25.7 Å². The number of benzene rings is 1. The Kier molecular flexibility index (Phi) is 4.77. The summed E-state index contributed by atoms with van der Waals surface area (Å²) in [4.78, 5) is 0. The Morgan fingerprint density at radius 1 is 1.29 bits per heavy atom. The summed E-state index contributed by atoms with van der Waals surface area (Å²) in [7, 11) is 0. The third-order valence-corrected chi connectivity index (χ3v) is 1.93. The van der Waals surface area contributed by atoms with Gasteiger partial charge in [-0.15, -0.1) is 0 Å². The normalized spacial score (nSPS) is 13.5. The summed E-state index contributed by atoms with van der Waals surface area (Å²) in [5.74, 6) is 0.310. The first-order chi connectivity index (χ1) is 7.90. The summed E-state index contributed by atoms with van der Waals surface area (Å²) in [6.45, 7) is -0.328. The van der Waals surface area contributed by atoms with Crippen molar-refractivity contribution in [3.05, 3.63) is 29.8 Å². The molecule has 0 aliphatic heterocycles. The molecule has 1 aromatic rings. The number of halogens is 3. The van der Waals surface area contributed by atoms with Crippen LogP contribution in [-0.2, 0) is 4.74 Å². The highest BCUT2D eigenvalue weighted by atomic mass is 19.4. The van der Waals surface area contributed by atoms with Gasteiger partial charge in [-0.2, -0.15) is 13.2 Å². The van der Waals surface area contributed by atoms with Crippen molar-refractivity contribution in [3.63, 3.8) is 0 Å². The second kappa shape index (κ2) is 5.88. The number of hydrogen-bond donors (Lipinski definition) is 1. The van der Waals surface area contributed by atoms with E-state index in [9.17, 15) is 18.3 Å². The van der Waals surface area contributed by atoms with Crippen molar-refractivity contribution >= 4 is 0 Å². The van der Waals surface area contributed by atoms with Crippen LogP contribution in [0.25, 0.3) is 0 Å². The van der Waals surface area contributed by atoms with Gasteiger partial charge in [-0.05, 0) is 13.0 Å². The minimum Gasteiger partial charge on any atom is -0.467 e. The quantitative estimate of drug-likeness (QED) is 0.645. The second-order valence-electron chi connectivity index (χ2n) is 3.44. The van der Waals surface area contributed by atoms with Crippen LogP contribution in [-0.4, -0.2) is 24.7 Å². The van der Waals surface area contributed by atoms with E-state index in [1.165, 1.54) is 0 Å². The van der Waals surface area contributed by atoms with Gasteiger partial charge in [0.2, 0.25) is 0 Å². The van der Waals surface area contributed by atoms with E-state index in [1.54, 1.807) is 31.2 Å². The number of ether oxygens (including phenoxy) is 2. The van der Waals surface area contributed by atoms with E-state index in [-0.39, 0.29) is 0 Å². The Balaban J connectivity index is 2.47. The maximum absolute atomic E-state index is 11.8. The molecule has 0 saturated heterocycles. The maximum atomic E-state index is 11.8. The molecular weight excluding hydrogens is 237 g/mol. The third kappa shape index (κ3) is 5.06. The number of hydrogen-bond acceptors (Lipinski definition) is 3. The van der Waals surface area contributed by atoms with Crippen molar-refractivity contribution in [2.24, 2.45) is 0 Å². The minimum atomic E-state index is -4.37. The first kappa shape index (κ1) is 13.8. The Hall–Kier alpha value is -1.27. The second-order valence-corrected chi connectivity index (χ2v) is 3.44. The van der Waals surface area contributed by atoms with Crippen LogP contribution in [0.3, 0.4) is 0 Å². The van der Waals surface area contributed by atoms with Crippen molar-refractivity contribution in [2.45, 2.75) is 19.2 Å². The van der Waals surface area contributed by atoms with Crippen LogP contribution in [0.1, 0.15) is 18.6 Å². The minimum absolute atomic E-state index is 0.310. The fraction of sp³-hybridized carbons (Fsp3) is 0.455. The lowest BCUT2D eigenvalue weighted by atomic mass is 10.1. The molecule has 1 unspecified atom stereocenters. The molecule has 0 radical (unpaired) electrons. The monoisotopic (exact) mass is 250 g/mol. The number of aliphatic hydroxyl groups is 1. The molecule has 1 aromatic carbocycles. The highest BCUT2D eigenvalue weighted by Gasteiger charge is 2.27. The van der Waals surface area contributed by atoms with E-state index in [0.29, 0.717) is 11.3 Å². The maximum Gasteiger partial charge on any atom is 0.411 e. The highest BCUT2D eigenvalue weighted by molar-refractivity contribution is 5.34. The van der Waals surface area contributed by atoms with Gasteiger partial charge in [0, 0.05) is 5.56 Å². The molecule has 0 heterocycles. The predicted molar refractivity (Wildman–Crippen MR) is 54.6 cm³/mol. The molecule has 0 fully saturated rings. The van der Waals surface area contributed by atoms with Gasteiger partial charge in [0.25, 0.3) is 0 Å². The van der Waals surface area contributed by atoms with Gasteiger partial charge in [-0.3, -0.25) is 0 Å². The molecule has 0 aliphatic carbocycles. The van der Waals surface area contributed by atoms with Crippen LogP contribution in [0.5, 0.6) is 5.75 Å². The smallest absolute Gasteiger partial charge is 0.411 e. The van der Waals surface area contributed by atoms with Gasteiger partial charge in [-0.1, -0.05) is 18.2 Å². The highest BCUT2D eigenvalue weighted by Crippen LogP contribution is 2.24. The van der Waals surface area contributed by atoms with E-state index in [2.05, 4.69) is 4.74 Å². The molecule has 0 saturated carbocycles. The summed E-state index contributed by atoms with van der Waals surface area (Å²) >= 11 is 0. The van der Waals surface area contributed by atoms with Gasteiger partial charge in [0.05, 0.1) is 6.10 Å². The zero-order valence-electron chi connectivity index (χ0n) is 9.20. The summed E-state index contributed by atoms with van der Waals surface area (Å²) in [5, 5.41) is 9.39. The van der Waals surface area contributed by atoms with E-state index in [1.807, 2.05) is 0 Å². The first-order valence-electron chi connectivity index (χ1n) is 4.94. The van der Waals surface area contributed by atoms with Crippen LogP contribution in [0.4, 0.5) is 13.2 Å². The van der Waals surface area contributed by atoms with Crippen LogP contribution >= 0.6 is 0 Å². The standard InChI is InChI=1S/C11H13F3O3/c1-8(15)9-4-2-3-5-10(9)17-7-16-6-11(12,13)14/h2-5,8,15H,6-7H2,1H3. The lowest BCUT2D eigenvalue weighted by molar-refractivity contribution is -0.186. The molecule has 0 amide bonds. The van der Waals surface area contributed by atoms with E-state index in [0.717, 1.165) is 0 Å². The molecule has 3 nitrogen and oxygen atoms in total. The molecule has 0 aliphatic rings. The predicted octanol–water partition coefficient (Wildman–Crippen LogP) is 2.66. The van der Waals surface area contributed by atoms with E-state index >= 15 is 0 Å². The molecule has 1 N–H and O–H groups in total. The summed E-state index contributed by atoms with van der Waals surface area (Å²) in [5.41, 5.74) is 0.503. The first-order valence-corrected chi connectivity index (χ1v) is 4.94. The van der Waals surface area contributed by atoms with Crippen LogP contribution in [0.15, 0.2) is 24.3 Å². The summed E-state index contributed by atoms with van der Waals surface area (Å²) in [6.07, 6.45) is -5.12. The Labute approximate surface area is 96.8 Å². The molecular formula is C11H13F3O3. The topological polar surface area (TPSA) is 38.7 Å². The number of alkyl halides is 3. The summed E-state index contributed by atoms with van der Waals surface area (Å²) in [6, 6.07) is 6.54. The largest absolute Gasteiger partial charge is 0.467 e. The number of aliphatic hydroxyl groups excluding tert-OH is 1. The Morgan fingerprint density at radius 2 is 1.94 bits per heavy atom. The Bertz CT molecular complexity index is 350. The van der Waals surface area contributed by atoms with Gasteiger partial charge < -0.3 is 14.6 Å². The Morgan fingerprint density at radius 3 is 2.53 bits per heavy atom. The summed E-state index contributed by atoms with van der Waals surface area (Å²) < 4.78 is 44.6. The van der Waals surface area contributed by atoms with Crippen molar-refractivity contribution < 1.29 is 27.8 Å². The fourth-order valence-corrected chi connectivity index (χ4v) is 1.22. The lowest BCUT2D eigenvalue weighted by Gasteiger charge is -2.13. The molecule has 96 valence electrons. The molecule has 6 heteroatoms. The molecule has 0 spiro atoms. The van der Waals surface area contributed by atoms with E-state index in [4.69, 9.17) is 4.74 Å². The third-order valence-electron chi connectivity index (χ3n) is 1.93. The molecule has 17 heavy (non-hydrogen) atoms. The van der Waals surface area contributed by atoms with Gasteiger partial charge in [0.15, 0.2) is 6.79 Å². The van der Waals surface area contributed by atoms with Crippen LogP contribution in [0, 0.1) is 0 Å². The van der Waals surface area contributed by atoms with Gasteiger partial charge in [0.1, 0.15) is 12.4 Å². The molecule has 1 rings (SSSR count). The van der Waals surface area contributed by atoms with Gasteiger partial charge >= 0.3 is 6.18 Å². The molecule has 1 atom stereocenters. The van der Waals surface area contributed by atoms with Crippen LogP contribution in [0.2, 0.25) is 0 Å². The van der Waals surface area contributed by atoms with Crippen molar-refractivity contribution in [3.8, 4) is 5.75 Å². The van der Waals surface area contributed by atoms with Crippen molar-refractivity contribution in [1.82, 2.24) is 0 Å². The fourth-order valence-electron chi connectivity index (χ4n) is 1.22. The van der Waals surface area contributed by atoms with Crippen molar-refractivity contribution in [1.29, 1.82) is 0 Å². The zero-order valence-corrected chi connectivity index (χ0v) is 9.20. The number of rotatable bonds is 5. The lowest BCUT2D eigenvalue weighted by Crippen LogP contribution is -2.19. The average Bonchev–Trinajstić information content (AvgIpc) is 2.23. The molecule has 0 aromatic heterocycles. The SMILES string of the molecule is CC(O)c1ccccc1OCOCC(F)(F)F. The zero-order chi connectivity index (χ0) is 12.9. The molecule has 0 bridgehead atoms. The number of para-hydroxylation sites is 1. The van der Waals surface area contributed by atoms with Crippen LogP contribution < -0.4 is 4.74 Å². The van der Waals surface area contributed by atoms with Crippen molar-refractivity contribution in [2.75, 3.05) is 13.4 Å². The average molecular weight is 250 g/mol.